The minimum Gasteiger partial charge on any atom is -0.329 e. The summed E-state index contributed by atoms with van der Waals surface area (Å²) in [6.07, 6.45) is 3.80. The Hall–Kier alpha value is -0.480. The van der Waals surface area contributed by atoms with E-state index in [1.54, 1.807) is 11.8 Å². The van der Waals surface area contributed by atoms with Gasteiger partial charge in [0.15, 0.2) is 5.16 Å². The zero-order chi connectivity index (χ0) is 9.68. The first-order valence-electron chi connectivity index (χ1n) is 4.53. The number of aryl methyl sites for hydroxylation is 1. The summed E-state index contributed by atoms with van der Waals surface area (Å²) < 4.78 is 2.04. The third-order valence-electron chi connectivity index (χ3n) is 1.66. The molecule has 4 heteroatoms. The van der Waals surface area contributed by atoms with Crippen LogP contribution in [0.5, 0.6) is 0 Å². The molecule has 1 N–H and O–H groups in total. The molecule has 0 amide bonds. The summed E-state index contributed by atoms with van der Waals surface area (Å²) >= 11 is 1.79. The van der Waals surface area contributed by atoms with Crippen LogP contribution in [0.15, 0.2) is 17.6 Å². The monoisotopic (exact) mass is 199 g/mol. The molecule has 0 aliphatic heterocycles. The standard InChI is InChI=1S/C9H17N3S/c1-8(2)10-5-7-13-9-11-4-6-12(9)3/h4,6,8,10H,5,7H2,1-3H3. The van der Waals surface area contributed by atoms with Crippen molar-refractivity contribution < 1.29 is 0 Å². The van der Waals surface area contributed by atoms with Crippen LogP contribution in [0.4, 0.5) is 0 Å². The number of thioether (sulfide) groups is 1. The summed E-state index contributed by atoms with van der Waals surface area (Å²) in [5.74, 6) is 1.07. The van der Waals surface area contributed by atoms with Gasteiger partial charge in [-0.15, -0.1) is 0 Å². The zero-order valence-corrected chi connectivity index (χ0v) is 9.27. The number of hydrogen-bond acceptors (Lipinski definition) is 3. The van der Waals surface area contributed by atoms with Crippen LogP contribution in [0.1, 0.15) is 13.8 Å². The predicted molar refractivity (Wildman–Crippen MR) is 57.1 cm³/mol. The molecule has 0 atom stereocenters. The lowest BCUT2D eigenvalue weighted by Gasteiger charge is -2.06. The normalized spacial score (nSPS) is 11.1. The van der Waals surface area contributed by atoms with E-state index in [4.69, 9.17) is 0 Å². The third kappa shape index (κ3) is 3.83. The van der Waals surface area contributed by atoms with E-state index in [1.165, 1.54) is 0 Å². The lowest BCUT2D eigenvalue weighted by atomic mass is 10.4. The summed E-state index contributed by atoms with van der Waals surface area (Å²) in [6, 6.07) is 0.571. The van der Waals surface area contributed by atoms with E-state index in [0.717, 1.165) is 17.5 Å². The quantitative estimate of drug-likeness (QED) is 0.576. The predicted octanol–water partition coefficient (Wildman–Crippen LogP) is 1.51. The zero-order valence-electron chi connectivity index (χ0n) is 8.45. The molecule has 0 unspecified atom stereocenters. The molecule has 0 saturated carbocycles. The molecule has 3 nitrogen and oxygen atoms in total. The molecule has 0 aromatic carbocycles. The fourth-order valence-corrected chi connectivity index (χ4v) is 1.78. The van der Waals surface area contributed by atoms with E-state index >= 15 is 0 Å². The molecule has 1 aromatic rings. The van der Waals surface area contributed by atoms with Crippen molar-refractivity contribution in [1.82, 2.24) is 14.9 Å². The Bertz CT molecular complexity index is 245. The fraction of sp³-hybridized carbons (Fsp3) is 0.667. The highest BCUT2D eigenvalue weighted by atomic mass is 32.2. The summed E-state index contributed by atoms with van der Waals surface area (Å²) in [7, 11) is 2.02. The van der Waals surface area contributed by atoms with Gasteiger partial charge in [-0.05, 0) is 0 Å². The minimum absolute atomic E-state index is 0.571. The van der Waals surface area contributed by atoms with Gasteiger partial charge in [0.2, 0.25) is 0 Å². The first kappa shape index (κ1) is 10.6. The molecule has 1 rings (SSSR count). The van der Waals surface area contributed by atoms with Crippen LogP contribution in [-0.2, 0) is 7.05 Å². The molecule has 0 saturated heterocycles. The summed E-state index contributed by atoms with van der Waals surface area (Å²) in [5.41, 5.74) is 0. The van der Waals surface area contributed by atoms with Gasteiger partial charge in [-0.3, -0.25) is 0 Å². The number of aromatic nitrogens is 2. The number of imidazole rings is 1. The Morgan fingerprint density at radius 1 is 1.62 bits per heavy atom. The van der Waals surface area contributed by atoms with Crippen molar-refractivity contribution in [1.29, 1.82) is 0 Å². The van der Waals surface area contributed by atoms with Gasteiger partial charge in [0.1, 0.15) is 0 Å². The molecular formula is C9H17N3S. The topological polar surface area (TPSA) is 29.9 Å². The molecule has 0 aliphatic rings. The van der Waals surface area contributed by atoms with E-state index in [2.05, 4.69) is 24.1 Å². The van der Waals surface area contributed by atoms with Crippen molar-refractivity contribution in [3.05, 3.63) is 12.4 Å². The molecule has 74 valence electrons. The molecule has 13 heavy (non-hydrogen) atoms. The van der Waals surface area contributed by atoms with Gasteiger partial charge in [-0.2, -0.15) is 0 Å². The summed E-state index contributed by atoms with van der Waals surface area (Å²) in [5, 5.41) is 4.46. The Morgan fingerprint density at radius 2 is 2.38 bits per heavy atom. The van der Waals surface area contributed by atoms with Crippen molar-refractivity contribution in [3.63, 3.8) is 0 Å². The van der Waals surface area contributed by atoms with Gasteiger partial charge in [0, 0.05) is 37.8 Å². The highest BCUT2D eigenvalue weighted by molar-refractivity contribution is 7.99. The second-order valence-electron chi connectivity index (χ2n) is 3.28. The van der Waals surface area contributed by atoms with E-state index in [0.29, 0.717) is 6.04 Å². The van der Waals surface area contributed by atoms with Crippen LogP contribution in [-0.4, -0.2) is 27.9 Å². The maximum Gasteiger partial charge on any atom is 0.167 e. The van der Waals surface area contributed by atoms with Gasteiger partial charge in [0.05, 0.1) is 0 Å². The summed E-state index contributed by atoms with van der Waals surface area (Å²) in [6.45, 7) is 5.35. The number of nitrogens with one attached hydrogen (secondary N) is 1. The fourth-order valence-electron chi connectivity index (χ4n) is 0.981. The van der Waals surface area contributed by atoms with Crippen molar-refractivity contribution in [2.24, 2.45) is 7.05 Å². The molecule has 0 radical (unpaired) electrons. The lowest BCUT2D eigenvalue weighted by molar-refractivity contribution is 0.615. The van der Waals surface area contributed by atoms with Gasteiger partial charge in [0.25, 0.3) is 0 Å². The van der Waals surface area contributed by atoms with Gasteiger partial charge in [-0.1, -0.05) is 25.6 Å². The van der Waals surface area contributed by atoms with Crippen molar-refractivity contribution in [3.8, 4) is 0 Å². The summed E-state index contributed by atoms with van der Waals surface area (Å²) in [4.78, 5) is 4.23. The molecule has 1 aromatic heterocycles. The second-order valence-corrected chi connectivity index (χ2v) is 4.34. The molecule has 0 aliphatic carbocycles. The first-order chi connectivity index (χ1) is 6.20. The Balaban J connectivity index is 2.17. The van der Waals surface area contributed by atoms with Crippen LogP contribution in [0.25, 0.3) is 0 Å². The Kier molecular flexibility index (Phi) is 4.32. The maximum atomic E-state index is 4.23. The van der Waals surface area contributed by atoms with Gasteiger partial charge < -0.3 is 9.88 Å². The first-order valence-corrected chi connectivity index (χ1v) is 5.52. The van der Waals surface area contributed by atoms with Crippen LogP contribution in [0.2, 0.25) is 0 Å². The van der Waals surface area contributed by atoms with E-state index in [9.17, 15) is 0 Å². The minimum atomic E-state index is 0.571. The average molecular weight is 199 g/mol. The SMILES string of the molecule is CC(C)NCCSc1nccn1C. The van der Waals surface area contributed by atoms with Crippen LogP contribution >= 0.6 is 11.8 Å². The van der Waals surface area contributed by atoms with Crippen LogP contribution in [0.3, 0.4) is 0 Å². The Morgan fingerprint density at radius 3 is 2.92 bits per heavy atom. The Labute approximate surface area is 83.9 Å². The molecule has 1 heterocycles. The highest BCUT2D eigenvalue weighted by Gasteiger charge is 1.99. The van der Waals surface area contributed by atoms with E-state index in [1.807, 2.05) is 24.0 Å². The molecule has 0 fully saturated rings. The number of rotatable bonds is 5. The van der Waals surface area contributed by atoms with Crippen molar-refractivity contribution >= 4 is 11.8 Å². The third-order valence-corrected chi connectivity index (χ3v) is 2.72. The molecule has 0 spiro atoms. The largest absolute Gasteiger partial charge is 0.329 e. The van der Waals surface area contributed by atoms with Crippen molar-refractivity contribution in [2.45, 2.75) is 25.0 Å². The van der Waals surface area contributed by atoms with Crippen LogP contribution < -0.4 is 5.32 Å². The highest BCUT2D eigenvalue weighted by Crippen LogP contribution is 2.12. The maximum absolute atomic E-state index is 4.23. The molecular weight excluding hydrogens is 182 g/mol. The molecule has 0 bridgehead atoms. The van der Waals surface area contributed by atoms with Crippen molar-refractivity contribution in [2.75, 3.05) is 12.3 Å². The van der Waals surface area contributed by atoms with E-state index < -0.39 is 0 Å². The lowest BCUT2D eigenvalue weighted by Crippen LogP contribution is -2.25. The van der Waals surface area contributed by atoms with Gasteiger partial charge >= 0.3 is 0 Å². The second kappa shape index (κ2) is 5.29. The van der Waals surface area contributed by atoms with Gasteiger partial charge in [-0.25, -0.2) is 4.98 Å². The van der Waals surface area contributed by atoms with Crippen LogP contribution in [0, 0.1) is 0 Å². The van der Waals surface area contributed by atoms with E-state index in [-0.39, 0.29) is 0 Å². The smallest absolute Gasteiger partial charge is 0.167 e. The number of hydrogen-bond donors (Lipinski definition) is 1. The number of nitrogens with zero attached hydrogens (tertiary/aromatic N) is 2. The average Bonchev–Trinajstić information content (AvgIpc) is 2.45.